The summed E-state index contributed by atoms with van der Waals surface area (Å²) in [5, 5.41) is 0. The molecule has 0 radical (unpaired) electrons. The first-order valence-corrected chi connectivity index (χ1v) is 7.72. The van der Waals surface area contributed by atoms with Crippen molar-refractivity contribution in [3.8, 4) is 0 Å². The van der Waals surface area contributed by atoms with Crippen LogP contribution in [-0.2, 0) is 6.54 Å². The zero-order valence-corrected chi connectivity index (χ0v) is 12.0. The highest BCUT2D eigenvalue weighted by Gasteiger charge is 1.98. The van der Waals surface area contributed by atoms with Crippen LogP contribution in [0, 0.1) is 0 Å². The summed E-state index contributed by atoms with van der Waals surface area (Å²) in [4.78, 5) is 4.02. The van der Waals surface area contributed by atoms with E-state index in [1.807, 2.05) is 24.8 Å². The van der Waals surface area contributed by atoms with E-state index in [1.165, 1.54) is 64.2 Å². The van der Waals surface area contributed by atoms with Gasteiger partial charge in [0.05, 0.1) is 12.4 Å². The van der Waals surface area contributed by atoms with Crippen molar-refractivity contribution in [1.82, 2.24) is 4.98 Å². The van der Waals surface area contributed by atoms with Gasteiger partial charge in [-0.1, -0.05) is 58.3 Å². The third-order valence-corrected chi connectivity index (χ3v) is 3.46. The molecule has 2 nitrogen and oxygen atoms in total. The van der Waals surface area contributed by atoms with Crippen LogP contribution in [0.15, 0.2) is 24.8 Å². The zero-order chi connectivity index (χ0) is 12.9. The van der Waals surface area contributed by atoms with Crippen molar-refractivity contribution in [2.24, 2.45) is 0 Å². The SMILES string of the molecule is CCCCCCCCCCCC[n+]1ccncc1. The number of aryl methyl sites for hydroxylation is 1. The first-order chi connectivity index (χ1) is 8.93. The molecule has 102 valence electrons. The zero-order valence-electron chi connectivity index (χ0n) is 12.0. The number of hydrogen-bond donors (Lipinski definition) is 0. The van der Waals surface area contributed by atoms with E-state index in [2.05, 4.69) is 16.5 Å². The Bertz CT molecular complexity index is 272. The van der Waals surface area contributed by atoms with Crippen LogP contribution in [0.1, 0.15) is 71.1 Å². The van der Waals surface area contributed by atoms with Gasteiger partial charge in [0.1, 0.15) is 6.54 Å². The van der Waals surface area contributed by atoms with Gasteiger partial charge in [-0.15, -0.1) is 0 Å². The van der Waals surface area contributed by atoms with Gasteiger partial charge >= 0.3 is 0 Å². The molecule has 1 heterocycles. The minimum absolute atomic E-state index is 1.14. The van der Waals surface area contributed by atoms with Crippen LogP contribution in [0.3, 0.4) is 0 Å². The molecule has 0 saturated carbocycles. The lowest BCUT2D eigenvalue weighted by atomic mass is 10.1. The second-order valence-electron chi connectivity index (χ2n) is 5.17. The molecule has 1 aromatic heterocycles. The van der Waals surface area contributed by atoms with Crippen LogP contribution in [0.2, 0.25) is 0 Å². The molecular weight excluding hydrogens is 220 g/mol. The standard InChI is InChI=1S/C16H29N2/c1-2-3-4-5-6-7-8-9-10-11-14-18-15-12-17-13-16-18/h12-13,15-16H,2-11,14H2,1H3/q+1. The molecule has 0 spiro atoms. The van der Waals surface area contributed by atoms with Gasteiger partial charge in [0, 0.05) is 6.42 Å². The maximum absolute atomic E-state index is 4.02. The molecule has 0 unspecified atom stereocenters. The lowest BCUT2D eigenvalue weighted by Gasteiger charge is -2.01. The molecule has 2 heteroatoms. The Morgan fingerprint density at radius 2 is 1.22 bits per heavy atom. The van der Waals surface area contributed by atoms with Crippen LogP contribution in [0.25, 0.3) is 0 Å². The van der Waals surface area contributed by atoms with Crippen LogP contribution in [0.5, 0.6) is 0 Å². The number of rotatable bonds is 11. The fraction of sp³-hybridized carbons (Fsp3) is 0.750. The van der Waals surface area contributed by atoms with E-state index in [4.69, 9.17) is 0 Å². The molecule has 0 saturated heterocycles. The Labute approximate surface area is 112 Å². The van der Waals surface area contributed by atoms with Gasteiger partial charge in [0.2, 0.25) is 0 Å². The Morgan fingerprint density at radius 1 is 0.722 bits per heavy atom. The highest BCUT2D eigenvalue weighted by molar-refractivity contribution is 4.62. The number of nitrogens with zero attached hydrogens (tertiary/aromatic N) is 2. The summed E-state index contributed by atoms with van der Waals surface area (Å²) in [6.45, 7) is 3.42. The monoisotopic (exact) mass is 249 g/mol. The van der Waals surface area contributed by atoms with Gasteiger partial charge in [-0.05, 0) is 6.42 Å². The summed E-state index contributed by atoms with van der Waals surface area (Å²) in [7, 11) is 0. The van der Waals surface area contributed by atoms with Crippen molar-refractivity contribution in [2.45, 2.75) is 77.7 Å². The Balaban J connectivity index is 1.82. The first-order valence-electron chi connectivity index (χ1n) is 7.72. The van der Waals surface area contributed by atoms with E-state index in [0.29, 0.717) is 0 Å². The van der Waals surface area contributed by atoms with E-state index < -0.39 is 0 Å². The lowest BCUT2D eigenvalue weighted by molar-refractivity contribution is -0.697. The normalized spacial score (nSPS) is 10.7. The fourth-order valence-electron chi connectivity index (χ4n) is 2.28. The second-order valence-corrected chi connectivity index (χ2v) is 5.17. The summed E-state index contributed by atoms with van der Waals surface area (Å²) < 4.78 is 2.22. The minimum Gasteiger partial charge on any atom is -0.252 e. The molecule has 1 aromatic rings. The summed E-state index contributed by atoms with van der Waals surface area (Å²) >= 11 is 0. The van der Waals surface area contributed by atoms with Crippen molar-refractivity contribution in [3.05, 3.63) is 24.8 Å². The number of unbranched alkanes of at least 4 members (excludes halogenated alkanes) is 9. The molecule has 0 aliphatic carbocycles. The molecule has 0 amide bonds. The lowest BCUT2D eigenvalue weighted by Crippen LogP contribution is -2.32. The first kappa shape index (κ1) is 15.1. The van der Waals surface area contributed by atoms with E-state index >= 15 is 0 Å². The van der Waals surface area contributed by atoms with Gasteiger partial charge in [-0.3, -0.25) is 4.98 Å². The van der Waals surface area contributed by atoms with Gasteiger partial charge in [-0.25, -0.2) is 4.57 Å². The molecule has 18 heavy (non-hydrogen) atoms. The third kappa shape index (κ3) is 8.21. The number of hydrogen-bond acceptors (Lipinski definition) is 1. The molecule has 0 aromatic carbocycles. The van der Waals surface area contributed by atoms with Gasteiger partial charge in [-0.2, -0.15) is 0 Å². The van der Waals surface area contributed by atoms with E-state index in [9.17, 15) is 0 Å². The molecule has 1 rings (SSSR count). The number of aromatic nitrogens is 2. The van der Waals surface area contributed by atoms with Crippen molar-refractivity contribution < 1.29 is 4.57 Å². The van der Waals surface area contributed by atoms with Crippen molar-refractivity contribution in [3.63, 3.8) is 0 Å². The Hall–Kier alpha value is -0.920. The van der Waals surface area contributed by atoms with Gasteiger partial charge in [0.25, 0.3) is 0 Å². The van der Waals surface area contributed by atoms with E-state index in [0.717, 1.165) is 6.54 Å². The maximum atomic E-state index is 4.02. The van der Waals surface area contributed by atoms with Crippen molar-refractivity contribution in [2.75, 3.05) is 0 Å². The van der Waals surface area contributed by atoms with E-state index in [-0.39, 0.29) is 0 Å². The highest BCUT2D eigenvalue weighted by atomic mass is 14.9. The highest BCUT2D eigenvalue weighted by Crippen LogP contribution is 2.10. The van der Waals surface area contributed by atoms with Crippen LogP contribution >= 0.6 is 0 Å². The average molecular weight is 249 g/mol. The van der Waals surface area contributed by atoms with Crippen molar-refractivity contribution in [1.29, 1.82) is 0 Å². The maximum Gasteiger partial charge on any atom is 0.187 e. The molecular formula is C16H29N2+. The minimum atomic E-state index is 1.14. The van der Waals surface area contributed by atoms with Crippen LogP contribution in [0.4, 0.5) is 0 Å². The van der Waals surface area contributed by atoms with E-state index in [1.54, 1.807) is 0 Å². The summed E-state index contributed by atoms with van der Waals surface area (Å²) in [6, 6.07) is 0. The predicted octanol–water partition coefficient (Wildman–Crippen LogP) is 4.29. The Morgan fingerprint density at radius 3 is 1.78 bits per heavy atom. The van der Waals surface area contributed by atoms with Crippen molar-refractivity contribution >= 4 is 0 Å². The molecule has 0 bridgehead atoms. The summed E-state index contributed by atoms with van der Waals surface area (Å²) in [5.74, 6) is 0. The van der Waals surface area contributed by atoms with Crippen LogP contribution in [-0.4, -0.2) is 4.98 Å². The summed E-state index contributed by atoms with van der Waals surface area (Å²) in [5.41, 5.74) is 0. The molecule has 0 aliphatic rings. The van der Waals surface area contributed by atoms with Crippen LogP contribution < -0.4 is 4.57 Å². The largest absolute Gasteiger partial charge is 0.252 e. The molecule has 0 fully saturated rings. The smallest absolute Gasteiger partial charge is 0.187 e. The predicted molar refractivity (Wildman–Crippen MR) is 76.3 cm³/mol. The fourth-order valence-corrected chi connectivity index (χ4v) is 2.28. The summed E-state index contributed by atoms with van der Waals surface area (Å²) in [6.07, 6.45) is 21.8. The Kier molecular flexibility index (Phi) is 9.41. The van der Waals surface area contributed by atoms with Gasteiger partial charge < -0.3 is 0 Å². The van der Waals surface area contributed by atoms with Gasteiger partial charge in [0.15, 0.2) is 12.4 Å². The molecule has 0 N–H and O–H groups in total. The molecule has 0 aliphatic heterocycles. The quantitative estimate of drug-likeness (QED) is 0.422. The topological polar surface area (TPSA) is 16.8 Å². The third-order valence-electron chi connectivity index (χ3n) is 3.46. The molecule has 0 atom stereocenters. The second kappa shape index (κ2) is 11.2. The average Bonchev–Trinajstić information content (AvgIpc) is 2.42.